The van der Waals surface area contributed by atoms with Crippen LogP contribution < -0.4 is 4.90 Å². The van der Waals surface area contributed by atoms with Crippen molar-refractivity contribution in [2.45, 2.75) is 25.9 Å². The van der Waals surface area contributed by atoms with Crippen LogP contribution in [0.4, 0.5) is 11.5 Å². The second-order valence-corrected chi connectivity index (χ2v) is 5.01. The number of fused-ring (bicyclic) bond motifs is 1. The van der Waals surface area contributed by atoms with Crippen molar-refractivity contribution in [1.82, 2.24) is 4.98 Å². The van der Waals surface area contributed by atoms with E-state index in [1.165, 1.54) is 11.3 Å². The van der Waals surface area contributed by atoms with Crippen LogP contribution in [0.3, 0.4) is 0 Å². The Balaban J connectivity index is 1.95. The molecule has 1 aliphatic heterocycles. The summed E-state index contributed by atoms with van der Waals surface area (Å²) in [6, 6.07) is 12.4. The molecule has 0 aliphatic carbocycles. The van der Waals surface area contributed by atoms with Gasteiger partial charge in [-0.1, -0.05) is 24.3 Å². The Morgan fingerprint density at radius 1 is 1.21 bits per heavy atom. The molecule has 1 aliphatic rings. The van der Waals surface area contributed by atoms with Gasteiger partial charge in [-0.15, -0.1) is 0 Å². The molecular formula is C16H18N2O. The maximum atomic E-state index is 9.53. The average Bonchev–Trinajstić information content (AvgIpc) is 2.47. The van der Waals surface area contributed by atoms with Crippen LogP contribution >= 0.6 is 0 Å². The number of nitrogens with zero attached hydrogens (tertiary/aromatic N) is 2. The van der Waals surface area contributed by atoms with Crippen LogP contribution in [0.5, 0.6) is 0 Å². The van der Waals surface area contributed by atoms with Crippen LogP contribution in [0.2, 0.25) is 0 Å². The quantitative estimate of drug-likeness (QED) is 0.894. The first-order valence-electron chi connectivity index (χ1n) is 6.75. The van der Waals surface area contributed by atoms with Gasteiger partial charge in [-0.2, -0.15) is 0 Å². The zero-order valence-corrected chi connectivity index (χ0v) is 11.1. The summed E-state index contributed by atoms with van der Waals surface area (Å²) >= 11 is 0. The zero-order valence-electron chi connectivity index (χ0n) is 11.1. The summed E-state index contributed by atoms with van der Waals surface area (Å²) in [5.74, 6) is 0.955. The van der Waals surface area contributed by atoms with E-state index in [-0.39, 0.29) is 0 Å². The fourth-order valence-electron chi connectivity index (χ4n) is 2.58. The molecule has 0 saturated heterocycles. The number of anilines is 2. The average molecular weight is 254 g/mol. The van der Waals surface area contributed by atoms with Gasteiger partial charge in [0.25, 0.3) is 0 Å². The third kappa shape index (κ3) is 2.34. The van der Waals surface area contributed by atoms with Gasteiger partial charge in [-0.05, 0) is 43.0 Å². The topological polar surface area (TPSA) is 36.4 Å². The molecule has 98 valence electrons. The molecule has 0 radical (unpaired) electrons. The highest BCUT2D eigenvalue weighted by molar-refractivity contribution is 5.65. The van der Waals surface area contributed by atoms with E-state index in [1.54, 1.807) is 13.1 Å². The van der Waals surface area contributed by atoms with Crippen LogP contribution in [-0.4, -0.2) is 16.6 Å². The van der Waals surface area contributed by atoms with Crippen LogP contribution in [0.25, 0.3) is 0 Å². The normalized spacial score (nSPS) is 16.0. The predicted molar refractivity (Wildman–Crippen MR) is 76.6 cm³/mol. The SMILES string of the molecule is C[C@H](O)c1ccc(N2CCCc3ccccc32)nc1. The highest BCUT2D eigenvalue weighted by Gasteiger charge is 2.18. The summed E-state index contributed by atoms with van der Waals surface area (Å²) in [6.07, 6.45) is 3.59. The lowest BCUT2D eigenvalue weighted by molar-refractivity contribution is 0.199. The number of aromatic nitrogens is 1. The molecule has 0 fully saturated rings. The fourth-order valence-corrected chi connectivity index (χ4v) is 2.58. The molecule has 19 heavy (non-hydrogen) atoms. The van der Waals surface area contributed by atoms with E-state index in [0.29, 0.717) is 0 Å². The van der Waals surface area contributed by atoms with Crippen molar-refractivity contribution in [3.63, 3.8) is 0 Å². The minimum atomic E-state index is -0.463. The van der Waals surface area contributed by atoms with Crippen LogP contribution in [-0.2, 0) is 6.42 Å². The first kappa shape index (κ1) is 12.2. The number of rotatable bonds is 2. The molecule has 0 spiro atoms. The zero-order chi connectivity index (χ0) is 13.2. The van der Waals surface area contributed by atoms with Crippen LogP contribution in [0.1, 0.15) is 30.6 Å². The van der Waals surface area contributed by atoms with Crippen molar-refractivity contribution in [2.24, 2.45) is 0 Å². The number of para-hydroxylation sites is 1. The Kier molecular flexibility index (Phi) is 3.22. The second-order valence-electron chi connectivity index (χ2n) is 5.01. The van der Waals surface area contributed by atoms with Crippen molar-refractivity contribution >= 4 is 11.5 Å². The van der Waals surface area contributed by atoms with Crippen molar-refractivity contribution in [3.05, 3.63) is 53.7 Å². The lowest BCUT2D eigenvalue weighted by Crippen LogP contribution is -2.25. The van der Waals surface area contributed by atoms with Gasteiger partial charge >= 0.3 is 0 Å². The smallest absolute Gasteiger partial charge is 0.132 e. The predicted octanol–water partition coefficient (Wildman–Crippen LogP) is 3.22. The Labute approximate surface area is 113 Å². The standard InChI is InChI=1S/C16H18N2O/c1-12(19)14-8-9-16(17-11-14)18-10-4-6-13-5-2-3-7-15(13)18/h2-3,5,7-9,11-12,19H,4,6,10H2,1H3/t12-/m0/s1. The second kappa shape index (κ2) is 5.02. The molecule has 1 aromatic carbocycles. The fraction of sp³-hybridized carbons (Fsp3) is 0.312. The van der Waals surface area contributed by atoms with E-state index >= 15 is 0 Å². The Morgan fingerprint density at radius 3 is 2.79 bits per heavy atom. The van der Waals surface area contributed by atoms with Gasteiger partial charge in [0.05, 0.1) is 6.10 Å². The molecule has 0 bridgehead atoms. The largest absolute Gasteiger partial charge is 0.389 e. The van der Waals surface area contributed by atoms with E-state index in [0.717, 1.165) is 30.8 Å². The maximum absolute atomic E-state index is 9.53. The van der Waals surface area contributed by atoms with E-state index < -0.39 is 6.10 Å². The highest BCUT2D eigenvalue weighted by atomic mass is 16.3. The minimum absolute atomic E-state index is 0.463. The van der Waals surface area contributed by atoms with Gasteiger partial charge in [0.1, 0.15) is 5.82 Å². The third-order valence-electron chi connectivity index (χ3n) is 3.64. The lowest BCUT2D eigenvalue weighted by atomic mass is 10.0. The number of benzene rings is 1. The summed E-state index contributed by atoms with van der Waals surface area (Å²) in [5, 5.41) is 9.53. The third-order valence-corrected chi connectivity index (χ3v) is 3.64. The first-order valence-corrected chi connectivity index (χ1v) is 6.75. The van der Waals surface area contributed by atoms with Gasteiger partial charge < -0.3 is 10.0 Å². The number of hydrogen-bond donors (Lipinski definition) is 1. The van der Waals surface area contributed by atoms with Gasteiger partial charge in [0.2, 0.25) is 0 Å². The summed E-state index contributed by atoms with van der Waals surface area (Å²) in [6.45, 7) is 2.75. The van der Waals surface area contributed by atoms with E-state index in [1.807, 2.05) is 12.1 Å². The van der Waals surface area contributed by atoms with Gasteiger partial charge in [-0.3, -0.25) is 0 Å². The number of aryl methyl sites for hydroxylation is 1. The molecule has 0 unspecified atom stereocenters. The van der Waals surface area contributed by atoms with E-state index in [9.17, 15) is 5.11 Å². The Bertz CT molecular complexity index is 563. The molecule has 2 heterocycles. The molecule has 0 amide bonds. The molecule has 3 rings (SSSR count). The molecule has 0 saturated carbocycles. The molecule has 1 N–H and O–H groups in total. The van der Waals surface area contributed by atoms with Crippen molar-refractivity contribution in [2.75, 3.05) is 11.4 Å². The monoisotopic (exact) mass is 254 g/mol. The molecule has 2 aromatic rings. The summed E-state index contributed by atoms with van der Waals surface area (Å²) in [7, 11) is 0. The molecule has 1 aromatic heterocycles. The van der Waals surface area contributed by atoms with Crippen molar-refractivity contribution in [3.8, 4) is 0 Å². The van der Waals surface area contributed by atoms with Gasteiger partial charge in [0, 0.05) is 18.4 Å². The maximum Gasteiger partial charge on any atom is 0.132 e. The summed E-state index contributed by atoms with van der Waals surface area (Å²) < 4.78 is 0. The van der Waals surface area contributed by atoms with Crippen molar-refractivity contribution in [1.29, 1.82) is 0 Å². The molecule has 3 nitrogen and oxygen atoms in total. The highest BCUT2D eigenvalue weighted by Crippen LogP contribution is 2.32. The van der Waals surface area contributed by atoms with Gasteiger partial charge in [-0.25, -0.2) is 4.98 Å². The van der Waals surface area contributed by atoms with Crippen LogP contribution in [0.15, 0.2) is 42.6 Å². The molecule has 1 atom stereocenters. The summed E-state index contributed by atoms with van der Waals surface area (Å²) in [4.78, 5) is 6.74. The Hall–Kier alpha value is -1.87. The van der Waals surface area contributed by atoms with Gasteiger partial charge in [0.15, 0.2) is 0 Å². The minimum Gasteiger partial charge on any atom is -0.389 e. The number of hydrogen-bond acceptors (Lipinski definition) is 3. The first-order chi connectivity index (χ1) is 9.25. The lowest BCUT2D eigenvalue weighted by Gasteiger charge is -2.30. The molecule has 3 heteroatoms. The van der Waals surface area contributed by atoms with Crippen LogP contribution in [0, 0.1) is 0 Å². The number of aliphatic hydroxyl groups excluding tert-OH is 1. The number of pyridine rings is 1. The molecular weight excluding hydrogens is 236 g/mol. The summed E-state index contributed by atoms with van der Waals surface area (Å²) in [5.41, 5.74) is 3.50. The Morgan fingerprint density at radius 2 is 2.05 bits per heavy atom. The van der Waals surface area contributed by atoms with Crippen molar-refractivity contribution < 1.29 is 5.11 Å². The number of aliphatic hydroxyl groups is 1. The van der Waals surface area contributed by atoms with E-state index in [4.69, 9.17) is 0 Å². The van der Waals surface area contributed by atoms with E-state index in [2.05, 4.69) is 34.1 Å².